The Morgan fingerprint density at radius 1 is 1.31 bits per heavy atom. The van der Waals surface area contributed by atoms with Crippen LogP contribution in [0.25, 0.3) is 0 Å². The van der Waals surface area contributed by atoms with Gasteiger partial charge in [0.1, 0.15) is 6.61 Å². The Morgan fingerprint density at radius 2 is 2.00 bits per heavy atom. The Morgan fingerprint density at radius 3 is 2.59 bits per heavy atom. The molecule has 0 aliphatic carbocycles. The fourth-order valence-corrected chi connectivity index (χ4v) is 4.68. The number of hydrogen-bond donors (Lipinski definition) is 2. The highest BCUT2D eigenvalue weighted by atomic mass is 32.1. The van der Waals surface area contributed by atoms with E-state index < -0.39 is 10.9 Å². The first-order chi connectivity index (χ1) is 15.2. The SMILES string of the molecule is CN(C[C@H]1CCN(C(=O)[C@@H]2C[C@H](S)CN2C)C1)C(=N)C(=O)OCc1ccc([N+](=O)[O-])cc1. The maximum absolute atomic E-state index is 12.8. The molecule has 10 nitrogen and oxygen atoms in total. The second-order valence-corrected chi connectivity index (χ2v) is 9.24. The summed E-state index contributed by atoms with van der Waals surface area (Å²) in [6.45, 7) is 2.50. The van der Waals surface area contributed by atoms with Crippen LogP contribution in [0.1, 0.15) is 18.4 Å². The zero-order valence-electron chi connectivity index (χ0n) is 18.3. The number of esters is 1. The van der Waals surface area contributed by atoms with E-state index in [4.69, 9.17) is 10.1 Å². The maximum Gasteiger partial charge on any atom is 0.373 e. The highest BCUT2D eigenvalue weighted by molar-refractivity contribution is 7.81. The van der Waals surface area contributed by atoms with Gasteiger partial charge in [0.25, 0.3) is 5.69 Å². The molecule has 1 N–H and O–H groups in total. The smallest absolute Gasteiger partial charge is 0.373 e. The van der Waals surface area contributed by atoms with Crippen molar-refractivity contribution in [2.75, 3.05) is 40.3 Å². The van der Waals surface area contributed by atoms with E-state index in [1.807, 2.05) is 11.9 Å². The van der Waals surface area contributed by atoms with Crippen molar-refractivity contribution in [1.29, 1.82) is 5.41 Å². The van der Waals surface area contributed by atoms with Crippen LogP contribution in [0.3, 0.4) is 0 Å². The molecule has 0 aromatic heterocycles. The van der Waals surface area contributed by atoms with Crippen LogP contribution in [0.4, 0.5) is 5.69 Å². The summed E-state index contributed by atoms with van der Waals surface area (Å²) in [5.41, 5.74) is 0.561. The van der Waals surface area contributed by atoms with Gasteiger partial charge in [0.15, 0.2) is 0 Å². The van der Waals surface area contributed by atoms with Gasteiger partial charge in [-0.25, -0.2) is 4.79 Å². The summed E-state index contributed by atoms with van der Waals surface area (Å²) in [4.78, 5) is 40.8. The van der Waals surface area contributed by atoms with E-state index in [1.165, 1.54) is 24.3 Å². The van der Waals surface area contributed by atoms with E-state index in [0.717, 1.165) is 19.4 Å². The Labute approximate surface area is 192 Å². The van der Waals surface area contributed by atoms with Crippen molar-refractivity contribution in [3.8, 4) is 0 Å². The number of hydrogen-bond acceptors (Lipinski definition) is 8. The molecule has 1 aromatic carbocycles. The number of nitrogens with zero attached hydrogens (tertiary/aromatic N) is 4. The number of nitro groups is 1. The lowest BCUT2D eigenvalue weighted by atomic mass is 10.1. The van der Waals surface area contributed by atoms with Gasteiger partial charge >= 0.3 is 5.97 Å². The number of ether oxygens (including phenoxy) is 1. The lowest BCUT2D eigenvalue weighted by Crippen LogP contribution is -2.44. The Balaban J connectivity index is 1.44. The van der Waals surface area contributed by atoms with Crippen LogP contribution in [-0.2, 0) is 20.9 Å². The molecule has 0 saturated carbocycles. The average Bonchev–Trinajstić information content (AvgIpc) is 3.36. The highest BCUT2D eigenvalue weighted by Gasteiger charge is 2.38. The zero-order valence-corrected chi connectivity index (χ0v) is 19.2. The van der Waals surface area contributed by atoms with Crippen molar-refractivity contribution in [1.82, 2.24) is 14.7 Å². The third-order valence-corrected chi connectivity index (χ3v) is 6.41. The quantitative estimate of drug-likeness (QED) is 0.163. The fraction of sp³-hybridized carbons (Fsp3) is 0.571. The molecule has 1 aromatic rings. The minimum absolute atomic E-state index is 0.0401. The molecular formula is C21H29N5O5S. The molecule has 2 aliphatic rings. The summed E-state index contributed by atoms with van der Waals surface area (Å²) in [7, 11) is 3.61. The minimum atomic E-state index is -0.760. The number of rotatable bonds is 6. The first kappa shape index (κ1) is 24.0. The number of benzene rings is 1. The third-order valence-electron chi connectivity index (χ3n) is 6.03. The summed E-state index contributed by atoms with van der Waals surface area (Å²) in [5, 5.41) is 19.0. The molecule has 0 unspecified atom stereocenters. The van der Waals surface area contributed by atoms with Gasteiger partial charge in [-0.1, -0.05) is 0 Å². The fourth-order valence-electron chi connectivity index (χ4n) is 4.22. The predicted octanol–water partition coefficient (Wildman–Crippen LogP) is 1.40. The predicted molar refractivity (Wildman–Crippen MR) is 122 cm³/mol. The molecule has 0 radical (unpaired) electrons. The molecule has 3 atom stereocenters. The number of thiol groups is 1. The van der Waals surface area contributed by atoms with E-state index in [1.54, 1.807) is 11.9 Å². The maximum atomic E-state index is 12.8. The van der Waals surface area contributed by atoms with Gasteiger partial charge in [-0.3, -0.25) is 25.2 Å². The van der Waals surface area contributed by atoms with Gasteiger partial charge in [0.2, 0.25) is 11.7 Å². The molecule has 3 rings (SSSR count). The summed E-state index contributed by atoms with van der Waals surface area (Å²) in [6.07, 6.45) is 1.58. The third kappa shape index (κ3) is 5.77. The molecule has 11 heteroatoms. The van der Waals surface area contributed by atoms with Crippen molar-refractivity contribution in [3.63, 3.8) is 0 Å². The van der Waals surface area contributed by atoms with E-state index in [9.17, 15) is 19.7 Å². The monoisotopic (exact) mass is 463 g/mol. The highest BCUT2D eigenvalue weighted by Crippen LogP contribution is 2.25. The van der Waals surface area contributed by atoms with Gasteiger partial charge in [-0.2, -0.15) is 12.6 Å². The first-order valence-electron chi connectivity index (χ1n) is 10.5. The van der Waals surface area contributed by atoms with Crippen LogP contribution in [0, 0.1) is 21.4 Å². The number of nitro benzene ring substituents is 1. The Kier molecular flexibility index (Phi) is 7.73. The second-order valence-electron chi connectivity index (χ2n) is 8.51. The summed E-state index contributed by atoms with van der Waals surface area (Å²) < 4.78 is 5.17. The number of likely N-dealkylation sites (N-methyl/N-ethyl adjacent to an activating group) is 2. The minimum Gasteiger partial charge on any atom is -0.455 e. The van der Waals surface area contributed by atoms with Crippen molar-refractivity contribution in [2.24, 2.45) is 5.92 Å². The summed E-state index contributed by atoms with van der Waals surface area (Å²) >= 11 is 4.49. The summed E-state index contributed by atoms with van der Waals surface area (Å²) in [6, 6.07) is 5.59. The normalized spacial score (nSPS) is 23.2. The first-order valence-corrected chi connectivity index (χ1v) is 11.0. The molecular weight excluding hydrogens is 434 g/mol. The molecule has 0 spiro atoms. The van der Waals surface area contributed by atoms with E-state index >= 15 is 0 Å². The molecule has 174 valence electrons. The molecule has 2 aliphatic heterocycles. The number of non-ortho nitro benzene ring substituents is 1. The molecule has 32 heavy (non-hydrogen) atoms. The van der Waals surface area contributed by atoms with Crippen LogP contribution < -0.4 is 0 Å². The van der Waals surface area contributed by atoms with Gasteiger partial charge in [-0.05, 0) is 43.5 Å². The van der Waals surface area contributed by atoms with Crippen LogP contribution in [0.2, 0.25) is 0 Å². The molecule has 2 saturated heterocycles. The number of likely N-dealkylation sites (tertiary alicyclic amines) is 2. The topological polar surface area (TPSA) is 120 Å². The number of amides is 1. The Hall–Kier alpha value is -2.66. The number of carbonyl (C=O) groups excluding carboxylic acids is 2. The van der Waals surface area contributed by atoms with Gasteiger partial charge in [-0.15, -0.1) is 0 Å². The Bertz CT molecular complexity index is 880. The van der Waals surface area contributed by atoms with Crippen molar-refractivity contribution in [2.45, 2.75) is 30.7 Å². The molecule has 0 bridgehead atoms. The molecule has 2 fully saturated rings. The average molecular weight is 464 g/mol. The number of nitrogens with one attached hydrogen (secondary N) is 1. The van der Waals surface area contributed by atoms with E-state index in [-0.39, 0.29) is 41.2 Å². The largest absolute Gasteiger partial charge is 0.455 e. The van der Waals surface area contributed by atoms with Crippen molar-refractivity contribution >= 4 is 36.0 Å². The lowest BCUT2D eigenvalue weighted by Gasteiger charge is -2.26. The van der Waals surface area contributed by atoms with Crippen LogP contribution >= 0.6 is 12.6 Å². The van der Waals surface area contributed by atoms with Gasteiger partial charge in [0, 0.05) is 50.6 Å². The van der Waals surface area contributed by atoms with Gasteiger partial charge in [0.05, 0.1) is 11.0 Å². The van der Waals surface area contributed by atoms with Crippen molar-refractivity contribution in [3.05, 3.63) is 39.9 Å². The number of amidine groups is 1. The van der Waals surface area contributed by atoms with E-state index in [2.05, 4.69) is 17.5 Å². The molecule has 2 heterocycles. The van der Waals surface area contributed by atoms with E-state index in [0.29, 0.717) is 25.2 Å². The summed E-state index contributed by atoms with van der Waals surface area (Å²) in [5.74, 6) is -0.716. The lowest BCUT2D eigenvalue weighted by molar-refractivity contribution is -0.384. The number of carbonyl (C=O) groups is 2. The van der Waals surface area contributed by atoms with Gasteiger partial charge < -0.3 is 14.5 Å². The molecule has 1 amide bonds. The van der Waals surface area contributed by atoms with Crippen LogP contribution in [0.5, 0.6) is 0 Å². The van der Waals surface area contributed by atoms with Crippen molar-refractivity contribution < 1.29 is 19.2 Å². The second kappa shape index (κ2) is 10.3. The van der Waals surface area contributed by atoms with Crippen LogP contribution in [0.15, 0.2) is 24.3 Å². The standard InChI is InChI=1S/C21H29N5O5S/c1-23-12-17(32)9-18(23)20(27)25-8-7-15(11-25)10-24(2)19(22)21(28)31-13-14-3-5-16(6-4-14)26(29)30/h3-6,15,17-18,22,32H,7-13H2,1-2H3/t15-,17+,18+/m1/s1. The zero-order chi connectivity index (χ0) is 23.4. The van der Waals surface area contributed by atoms with Crippen LogP contribution in [-0.4, -0.2) is 88.9 Å².